The minimum atomic E-state index is -0.756. The highest BCUT2D eigenvalue weighted by Crippen LogP contribution is 2.34. The summed E-state index contributed by atoms with van der Waals surface area (Å²) >= 11 is 0. The van der Waals surface area contributed by atoms with Gasteiger partial charge in [-0.15, -0.1) is 0 Å². The summed E-state index contributed by atoms with van der Waals surface area (Å²) in [6, 6.07) is 8.14. The second-order valence-electron chi connectivity index (χ2n) is 4.80. The van der Waals surface area contributed by atoms with Crippen LogP contribution < -0.4 is 0 Å². The molecule has 1 aliphatic carbocycles. The maximum absolute atomic E-state index is 10.5. The molecule has 1 aliphatic rings. The quantitative estimate of drug-likeness (QED) is 0.840. The fraction of sp³-hybridized carbons (Fsp3) is 0.500. The fourth-order valence-electron chi connectivity index (χ4n) is 2.47. The van der Waals surface area contributed by atoms with E-state index in [1.165, 1.54) is 5.56 Å². The molecule has 1 fully saturated rings. The first kappa shape index (κ1) is 12.1. The van der Waals surface area contributed by atoms with Gasteiger partial charge < -0.3 is 10.2 Å². The number of hydrogen-bond donors (Lipinski definition) is 2. The number of aryl methyl sites for hydroxylation is 1. The number of carbonyl (C=O) groups is 1. The van der Waals surface area contributed by atoms with Crippen LogP contribution in [-0.2, 0) is 11.2 Å². The van der Waals surface area contributed by atoms with Gasteiger partial charge in [-0.3, -0.25) is 4.79 Å². The third-order valence-corrected chi connectivity index (χ3v) is 3.48. The van der Waals surface area contributed by atoms with Gasteiger partial charge in [0, 0.05) is 6.42 Å². The van der Waals surface area contributed by atoms with E-state index in [0.29, 0.717) is 12.3 Å². The number of rotatable bonds is 4. The monoisotopic (exact) mass is 234 g/mol. The van der Waals surface area contributed by atoms with E-state index in [-0.39, 0.29) is 12.5 Å². The van der Waals surface area contributed by atoms with E-state index in [2.05, 4.69) is 12.1 Å². The predicted molar refractivity (Wildman–Crippen MR) is 65.0 cm³/mol. The molecule has 2 rings (SSSR count). The Bertz CT molecular complexity index is 383. The second kappa shape index (κ2) is 5.32. The van der Waals surface area contributed by atoms with Crippen molar-refractivity contribution in [3.63, 3.8) is 0 Å². The molecule has 1 aromatic carbocycles. The Kier molecular flexibility index (Phi) is 3.79. The lowest BCUT2D eigenvalue weighted by atomic mass is 9.96. The average molecular weight is 234 g/mol. The zero-order valence-corrected chi connectivity index (χ0v) is 9.80. The van der Waals surface area contributed by atoms with Crippen molar-refractivity contribution in [2.75, 3.05) is 0 Å². The minimum absolute atomic E-state index is 0.147. The second-order valence-corrected chi connectivity index (χ2v) is 4.80. The zero-order valence-electron chi connectivity index (χ0n) is 9.80. The van der Waals surface area contributed by atoms with E-state index in [4.69, 9.17) is 5.11 Å². The molecule has 0 radical (unpaired) electrons. The van der Waals surface area contributed by atoms with E-state index in [1.807, 2.05) is 12.1 Å². The number of aliphatic hydroxyl groups excluding tert-OH is 1. The SMILES string of the molecule is O=C(O)CCc1ccc([C@H]2CC[C@@H](O)C2)cc1. The Morgan fingerprint density at radius 3 is 2.47 bits per heavy atom. The molecule has 3 nitrogen and oxygen atoms in total. The third kappa shape index (κ3) is 3.30. The third-order valence-electron chi connectivity index (χ3n) is 3.48. The van der Waals surface area contributed by atoms with Crippen LogP contribution in [0, 0.1) is 0 Å². The van der Waals surface area contributed by atoms with Crippen molar-refractivity contribution in [3.05, 3.63) is 35.4 Å². The molecule has 0 aliphatic heterocycles. The minimum Gasteiger partial charge on any atom is -0.481 e. The number of aliphatic hydroxyl groups is 1. The van der Waals surface area contributed by atoms with Gasteiger partial charge in [-0.25, -0.2) is 0 Å². The summed E-state index contributed by atoms with van der Waals surface area (Å²) in [6.45, 7) is 0. The summed E-state index contributed by atoms with van der Waals surface area (Å²) in [5.41, 5.74) is 2.33. The Morgan fingerprint density at radius 2 is 1.94 bits per heavy atom. The molecule has 0 unspecified atom stereocenters. The van der Waals surface area contributed by atoms with Gasteiger partial charge in [-0.1, -0.05) is 24.3 Å². The van der Waals surface area contributed by atoms with Crippen molar-refractivity contribution in [1.29, 1.82) is 0 Å². The molecule has 1 saturated carbocycles. The summed E-state index contributed by atoms with van der Waals surface area (Å²) in [5.74, 6) is -0.286. The number of carboxylic acids is 1. The molecule has 0 bridgehead atoms. The van der Waals surface area contributed by atoms with Crippen LogP contribution in [-0.4, -0.2) is 22.3 Å². The molecule has 0 aromatic heterocycles. The Morgan fingerprint density at radius 1 is 1.24 bits per heavy atom. The zero-order chi connectivity index (χ0) is 12.3. The van der Waals surface area contributed by atoms with E-state index in [1.54, 1.807) is 0 Å². The van der Waals surface area contributed by atoms with Gasteiger partial charge in [0.15, 0.2) is 0 Å². The van der Waals surface area contributed by atoms with Crippen LogP contribution in [0.1, 0.15) is 42.7 Å². The maximum Gasteiger partial charge on any atom is 0.303 e. The van der Waals surface area contributed by atoms with Crippen LogP contribution in [0.3, 0.4) is 0 Å². The summed E-state index contributed by atoms with van der Waals surface area (Å²) < 4.78 is 0. The topological polar surface area (TPSA) is 57.5 Å². The summed E-state index contributed by atoms with van der Waals surface area (Å²) in [6.07, 6.45) is 3.42. The van der Waals surface area contributed by atoms with Crippen molar-refractivity contribution in [2.24, 2.45) is 0 Å². The number of aliphatic carboxylic acids is 1. The molecule has 17 heavy (non-hydrogen) atoms. The van der Waals surface area contributed by atoms with Crippen LogP contribution in [0.2, 0.25) is 0 Å². The Hall–Kier alpha value is -1.35. The Labute approximate surface area is 101 Å². The van der Waals surface area contributed by atoms with Gasteiger partial charge in [-0.05, 0) is 42.7 Å². The van der Waals surface area contributed by atoms with Crippen LogP contribution >= 0.6 is 0 Å². The molecule has 92 valence electrons. The number of hydrogen-bond acceptors (Lipinski definition) is 2. The fourth-order valence-corrected chi connectivity index (χ4v) is 2.47. The first-order valence-corrected chi connectivity index (χ1v) is 6.14. The van der Waals surface area contributed by atoms with Crippen molar-refractivity contribution in [3.8, 4) is 0 Å². The standard InChI is InChI=1S/C14H18O3/c15-13-7-6-12(9-13)11-4-1-10(2-5-11)3-8-14(16)17/h1-2,4-5,12-13,15H,3,6-9H2,(H,16,17)/t12-,13+/m0/s1. The maximum atomic E-state index is 10.5. The van der Waals surface area contributed by atoms with Crippen LogP contribution in [0.15, 0.2) is 24.3 Å². The molecule has 0 saturated heterocycles. The molecule has 0 spiro atoms. The number of carboxylic acid groups (broad SMARTS) is 1. The highest BCUT2D eigenvalue weighted by atomic mass is 16.4. The van der Waals surface area contributed by atoms with E-state index >= 15 is 0 Å². The first-order valence-electron chi connectivity index (χ1n) is 6.14. The van der Waals surface area contributed by atoms with Crippen molar-refractivity contribution >= 4 is 5.97 Å². The lowest BCUT2D eigenvalue weighted by molar-refractivity contribution is -0.136. The van der Waals surface area contributed by atoms with Crippen molar-refractivity contribution < 1.29 is 15.0 Å². The van der Waals surface area contributed by atoms with Crippen LogP contribution in [0.4, 0.5) is 0 Å². The Balaban J connectivity index is 1.95. The van der Waals surface area contributed by atoms with E-state index in [0.717, 1.165) is 24.8 Å². The predicted octanol–water partition coefficient (Wildman–Crippen LogP) is 2.33. The molecule has 1 aromatic rings. The summed E-state index contributed by atoms with van der Waals surface area (Å²) in [7, 11) is 0. The smallest absolute Gasteiger partial charge is 0.303 e. The molecule has 0 heterocycles. The molecular weight excluding hydrogens is 216 g/mol. The lowest BCUT2D eigenvalue weighted by Gasteiger charge is -2.10. The number of benzene rings is 1. The molecule has 0 amide bonds. The highest BCUT2D eigenvalue weighted by molar-refractivity contribution is 5.67. The summed E-state index contributed by atoms with van der Waals surface area (Å²) in [5, 5.41) is 18.1. The molecule has 2 atom stereocenters. The normalized spacial score (nSPS) is 23.8. The van der Waals surface area contributed by atoms with Gasteiger partial charge >= 0.3 is 5.97 Å². The van der Waals surface area contributed by atoms with Gasteiger partial charge in [0.25, 0.3) is 0 Å². The van der Waals surface area contributed by atoms with E-state index in [9.17, 15) is 9.90 Å². The van der Waals surface area contributed by atoms with Crippen LogP contribution in [0.25, 0.3) is 0 Å². The largest absolute Gasteiger partial charge is 0.481 e. The van der Waals surface area contributed by atoms with Gasteiger partial charge in [0.1, 0.15) is 0 Å². The van der Waals surface area contributed by atoms with Crippen molar-refractivity contribution in [2.45, 2.75) is 44.1 Å². The van der Waals surface area contributed by atoms with Crippen LogP contribution in [0.5, 0.6) is 0 Å². The lowest BCUT2D eigenvalue weighted by Crippen LogP contribution is -2.00. The van der Waals surface area contributed by atoms with Gasteiger partial charge in [-0.2, -0.15) is 0 Å². The average Bonchev–Trinajstić information content (AvgIpc) is 2.74. The molecule has 3 heteroatoms. The van der Waals surface area contributed by atoms with E-state index < -0.39 is 5.97 Å². The first-order chi connectivity index (χ1) is 8.15. The van der Waals surface area contributed by atoms with Crippen molar-refractivity contribution in [1.82, 2.24) is 0 Å². The molecular formula is C14H18O3. The van der Waals surface area contributed by atoms with Gasteiger partial charge in [0.05, 0.1) is 6.10 Å². The van der Waals surface area contributed by atoms with Gasteiger partial charge in [0.2, 0.25) is 0 Å². The molecule has 2 N–H and O–H groups in total. The summed E-state index contributed by atoms with van der Waals surface area (Å²) in [4.78, 5) is 10.5. The highest BCUT2D eigenvalue weighted by Gasteiger charge is 2.23.